The molecule has 2 aromatic carbocycles. The average Bonchev–Trinajstić information content (AvgIpc) is 3.31. The molecule has 0 saturated heterocycles. The molecular weight excluding hydrogens is 461 g/mol. The normalized spacial score (nSPS) is 12.9. The van der Waals surface area contributed by atoms with Crippen molar-refractivity contribution in [3.63, 3.8) is 0 Å². The third-order valence-corrected chi connectivity index (χ3v) is 6.23. The van der Waals surface area contributed by atoms with Gasteiger partial charge >= 0.3 is 5.97 Å². The van der Waals surface area contributed by atoms with Gasteiger partial charge in [-0.05, 0) is 49.1 Å². The van der Waals surface area contributed by atoms with Gasteiger partial charge in [0.1, 0.15) is 18.1 Å². The molecule has 0 aliphatic heterocycles. The third-order valence-electron chi connectivity index (χ3n) is 5.12. The number of nitrogens with zero attached hydrogens (tertiary/aromatic N) is 3. The van der Waals surface area contributed by atoms with E-state index in [0.717, 1.165) is 6.26 Å². The lowest BCUT2D eigenvalue weighted by molar-refractivity contribution is -0.137. The van der Waals surface area contributed by atoms with Crippen LogP contribution in [0.4, 0.5) is 4.39 Å². The van der Waals surface area contributed by atoms with Crippen molar-refractivity contribution in [2.24, 2.45) is 5.16 Å². The van der Waals surface area contributed by atoms with Gasteiger partial charge in [-0.2, -0.15) is 0 Å². The van der Waals surface area contributed by atoms with Crippen LogP contribution in [0.3, 0.4) is 0 Å². The first-order valence-electron chi connectivity index (χ1n) is 10.7. The van der Waals surface area contributed by atoms with E-state index in [0.29, 0.717) is 36.1 Å². The van der Waals surface area contributed by atoms with Crippen LogP contribution in [0.2, 0.25) is 0 Å². The Morgan fingerprint density at radius 3 is 2.68 bits per heavy atom. The maximum Gasteiger partial charge on any atom is 0.303 e. The van der Waals surface area contributed by atoms with Crippen LogP contribution in [0, 0.1) is 5.82 Å². The molecule has 1 heterocycles. The number of halogens is 1. The molecule has 10 heteroatoms. The van der Waals surface area contributed by atoms with Crippen LogP contribution in [-0.4, -0.2) is 47.6 Å². The number of rotatable bonds is 12. The van der Waals surface area contributed by atoms with Gasteiger partial charge in [0, 0.05) is 30.6 Å². The van der Waals surface area contributed by atoms with Crippen LogP contribution in [0.25, 0.3) is 0 Å². The number of carboxylic acid groups (broad SMARTS) is 1. The molecule has 1 N–H and O–H groups in total. The minimum atomic E-state index is -3.46. The number of unbranched alkanes of at least 4 members (excludes halogenated alkanes) is 1. The van der Waals surface area contributed by atoms with E-state index in [1.165, 1.54) is 24.3 Å². The molecule has 0 spiro atoms. The summed E-state index contributed by atoms with van der Waals surface area (Å²) in [5.41, 5.74) is 1.68. The number of sulfone groups is 1. The number of hydrogen-bond donors (Lipinski definition) is 1. The monoisotopic (exact) mass is 487 g/mol. The molecule has 1 unspecified atom stereocenters. The molecule has 0 bridgehead atoms. The Bertz CT molecular complexity index is 1240. The van der Waals surface area contributed by atoms with Crippen molar-refractivity contribution < 1.29 is 27.5 Å². The van der Waals surface area contributed by atoms with Crippen molar-refractivity contribution in [2.45, 2.75) is 36.6 Å². The summed E-state index contributed by atoms with van der Waals surface area (Å²) in [5.74, 6) is -1.24. The molecule has 0 saturated carbocycles. The molecule has 180 valence electrons. The lowest BCUT2D eigenvalue weighted by atomic mass is 9.96. The van der Waals surface area contributed by atoms with Gasteiger partial charge in [-0.15, -0.1) is 0 Å². The number of carbonyl (C=O) groups is 1. The van der Waals surface area contributed by atoms with E-state index in [-0.39, 0.29) is 23.7 Å². The zero-order valence-electron chi connectivity index (χ0n) is 18.7. The number of carboxylic acids is 1. The standard InChI is InChI=1S/C24H26FN3O5S/c1-34(31,32)21-9-5-7-19(16-21)24(27-33-13-3-2-10-23(29)30)22(28-12-11-26-17-28)15-18-6-4-8-20(25)14-18/h4-9,11-12,14,16-17,22H,2-3,10,13,15H2,1H3,(H,29,30)/b27-24+. The van der Waals surface area contributed by atoms with Crippen molar-refractivity contribution in [2.75, 3.05) is 12.9 Å². The molecule has 0 radical (unpaired) electrons. The highest BCUT2D eigenvalue weighted by molar-refractivity contribution is 7.90. The second-order valence-electron chi connectivity index (χ2n) is 7.82. The van der Waals surface area contributed by atoms with E-state index in [2.05, 4.69) is 10.1 Å². The first kappa shape index (κ1) is 25.1. The van der Waals surface area contributed by atoms with Gasteiger partial charge in [-0.25, -0.2) is 17.8 Å². The maximum atomic E-state index is 13.9. The maximum absolute atomic E-state index is 13.9. The Hall–Kier alpha value is -3.53. The van der Waals surface area contributed by atoms with Crippen molar-refractivity contribution in [1.29, 1.82) is 0 Å². The molecule has 34 heavy (non-hydrogen) atoms. The van der Waals surface area contributed by atoms with Crippen LogP contribution < -0.4 is 0 Å². The minimum absolute atomic E-state index is 0.0353. The molecule has 3 aromatic rings. The van der Waals surface area contributed by atoms with Crippen LogP contribution in [-0.2, 0) is 25.9 Å². The summed E-state index contributed by atoms with van der Waals surface area (Å²) in [4.78, 5) is 20.5. The van der Waals surface area contributed by atoms with E-state index in [1.54, 1.807) is 47.6 Å². The van der Waals surface area contributed by atoms with E-state index in [9.17, 15) is 17.6 Å². The Morgan fingerprint density at radius 2 is 2.00 bits per heavy atom. The molecule has 8 nitrogen and oxygen atoms in total. The fraction of sp³-hybridized carbons (Fsp3) is 0.292. The number of oxime groups is 1. The van der Waals surface area contributed by atoms with Crippen LogP contribution >= 0.6 is 0 Å². The first-order valence-corrected chi connectivity index (χ1v) is 12.6. The summed E-state index contributed by atoms with van der Waals surface area (Å²) in [6.07, 6.45) is 7.40. The SMILES string of the molecule is CS(=O)(=O)c1cccc(/C(=N\OCCCCC(=O)O)C(Cc2cccc(F)c2)n2ccnc2)c1. The third kappa shape index (κ3) is 7.24. The summed E-state index contributed by atoms with van der Waals surface area (Å²) in [7, 11) is -3.46. The molecule has 0 aliphatic carbocycles. The van der Waals surface area contributed by atoms with Gasteiger partial charge in [0.25, 0.3) is 0 Å². The Labute approximate surface area is 197 Å². The highest BCUT2D eigenvalue weighted by Gasteiger charge is 2.23. The number of aliphatic carboxylic acids is 1. The number of imidazole rings is 1. The summed E-state index contributed by atoms with van der Waals surface area (Å²) < 4.78 is 40.0. The zero-order chi connectivity index (χ0) is 24.6. The number of hydrogen-bond acceptors (Lipinski definition) is 6. The highest BCUT2D eigenvalue weighted by atomic mass is 32.2. The molecule has 3 rings (SSSR count). The van der Waals surface area contributed by atoms with E-state index >= 15 is 0 Å². The lowest BCUT2D eigenvalue weighted by Gasteiger charge is -2.21. The van der Waals surface area contributed by atoms with Gasteiger partial charge < -0.3 is 14.5 Å². The van der Waals surface area contributed by atoms with Crippen LogP contribution in [0.15, 0.2) is 77.3 Å². The van der Waals surface area contributed by atoms with Gasteiger partial charge in [0.2, 0.25) is 0 Å². The summed E-state index contributed by atoms with van der Waals surface area (Å²) in [5, 5.41) is 13.1. The Balaban J connectivity index is 1.98. The fourth-order valence-corrected chi connectivity index (χ4v) is 4.10. The van der Waals surface area contributed by atoms with E-state index in [1.807, 2.05) is 0 Å². The Morgan fingerprint density at radius 1 is 1.21 bits per heavy atom. The Kier molecular flexibility index (Phi) is 8.53. The molecule has 0 aliphatic rings. The van der Waals surface area contributed by atoms with Crippen LogP contribution in [0.5, 0.6) is 0 Å². The van der Waals surface area contributed by atoms with Crippen molar-refractivity contribution >= 4 is 21.5 Å². The van der Waals surface area contributed by atoms with Gasteiger partial charge in [-0.3, -0.25) is 4.79 Å². The predicted octanol–water partition coefficient (Wildman–Crippen LogP) is 3.89. The predicted molar refractivity (Wildman–Crippen MR) is 125 cm³/mol. The van der Waals surface area contributed by atoms with Gasteiger partial charge in [0.05, 0.1) is 17.3 Å². The van der Waals surface area contributed by atoms with Crippen molar-refractivity contribution in [1.82, 2.24) is 9.55 Å². The van der Waals surface area contributed by atoms with E-state index in [4.69, 9.17) is 9.94 Å². The zero-order valence-corrected chi connectivity index (χ0v) is 19.5. The van der Waals surface area contributed by atoms with Crippen LogP contribution in [0.1, 0.15) is 36.4 Å². The minimum Gasteiger partial charge on any atom is -0.481 e. The quantitative estimate of drug-likeness (QED) is 0.236. The molecular formula is C24H26FN3O5S. The van der Waals surface area contributed by atoms with E-state index < -0.39 is 21.8 Å². The second kappa shape index (κ2) is 11.6. The smallest absolute Gasteiger partial charge is 0.303 e. The molecule has 1 atom stereocenters. The fourth-order valence-electron chi connectivity index (χ4n) is 3.43. The lowest BCUT2D eigenvalue weighted by Crippen LogP contribution is -2.23. The summed E-state index contributed by atoms with van der Waals surface area (Å²) in [6.45, 7) is 0.194. The first-order chi connectivity index (χ1) is 16.2. The summed E-state index contributed by atoms with van der Waals surface area (Å²) in [6, 6.07) is 12.1. The molecule has 1 aromatic heterocycles. The molecule has 0 amide bonds. The van der Waals surface area contributed by atoms with Crippen molar-refractivity contribution in [3.8, 4) is 0 Å². The van der Waals surface area contributed by atoms with Crippen molar-refractivity contribution in [3.05, 3.63) is 84.2 Å². The topological polar surface area (TPSA) is 111 Å². The highest BCUT2D eigenvalue weighted by Crippen LogP contribution is 2.23. The molecule has 0 fully saturated rings. The number of benzene rings is 2. The average molecular weight is 488 g/mol. The van der Waals surface area contributed by atoms with Gasteiger partial charge in [0.15, 0.2) is 9.84 Å². The second-order valence-corrected chi connectivity index (χ2v) is 9.84. The largest absolute Gasteiger partial charge is 0.481 e. The van der Waals surface area contributed by atoms with Gasteiger partial charge in [-0.1, -0.05) is 29.4 Å². The number of aromatic nitrogens is 2. The summed E-state index contributed by atoms with van der Waals surface area (Å²) >= 11 is 0.